The predicted molar refractivity (Wildman–Crippen MR) is 381 cm³/mol. The van der Waals surface area contributed by atoms with Crippen molar-refractivity contribution in [3.05, 3.63) is 0 Å². The topological polar surface area (TPSA) is 237 Å². The van der Waals surface area contributed by atoms with Crippen LogP contribution in [0.25, 0.3) is 0 Å². The van der Waals surface area contributed by atoms with Crippen LogP contribution in [0.2, 0.25) is 0 Å². The summed E-state index contributed by atoms with van der Waals surface area (Å²) in [5.74, 6) is -0.659. The van der Waals surface area contributed by atoms with E-state index >= 15 is 0 Å². The smallest absolute Gasteiger partial charge is 0.462 e. The average molecular weight is 1380 g/mol. The predicted octanol–water partition coefficient (Wildman–Crippen LogP) is 21.9. The molecule has 5 atom stereocenters. The Labute approximate surface area is 575 Å². The summed E-state index contributed by atoms with van der Waals surface area (Å²) in [6.45, 7) is 9.53. The number of hydrogen-bond acceptors (Lipinski definition) is 15. The van der Waals surface area contributed by atoms with Crippen molar-refractivity contribution in [1.29, 1.82) is 0 Å². The normalized spacial score (nSPS) is 14.0. The highest BCUT2D eigenvalue weighted by Gasteiger charge is 2.30. The molecule has 558 valence electrons. The number of rotatable bonds is 74. The summed E-state index contributed by atoms with van der Waals surface area (Å²) in [6.07, 6.45) is 54.1. The molecule has 0 amide bonds. The lowest BCUT2D eigenvalue weighted by atomic mass is 10.0. The van der Waals surface area contributed by atoms with Gasteiger partial charge in [0.05, 0.1) is 26.4 Å². The van der Waals surface area contributed by atoms with Crippen LogP contribution in [0, 0.1) is 11.8 Å². The molecule has 0 aromatic heterocycles. The summed E-state index contributed by atoms with van der Waals surface area (Å²) in [7, 11) is -9.91. The van der Waals surface area contributed by atoms with Crippen molar-refractivity contribution in [2.45, 2.75) is 407 Å². The molecule has 0 aromatic rings. The minimum Gasteiger partial charge on any atom is -0.462 e. The zero-order valence-corrected chi connectivity index (χ0v) is 63.1. The summed E-state index contributed by atoms with van der Waals surface area (Å²) in [5.41, 5.74) is 0. The third-order valence-electron chi connectivity index (χ3n) is 17.5. The van der Waals surface area contributed by atoms with Crippen LogP contribution in [0.1, 0.15) is 388 Å². The van der Waals surface area contributed by atoms with Gasteiger partial charge in [-0.1, -0.05) is 337 Å². The number of hydrogen-bond donors (Lipinski definition) is 3. The van der Waals surface area contributed by atoms with Crippen molar-refractivity contribution in [3.8, 4) is 0 Å². The van der Waals surface area contributed by atoms with Crippen LogP contribution in [0.15, 0.2) is 0 Å². The lowest BCUT2D eigenvalue weighted by Gasteiger charge is -2.21. The Morgan fingerprint density at radius 2 is 0.489 bits per heavy atom. The van der Waals surface area contributed by atoms with Gasteiger partial charge in [-0.15, -0.1) is 0 Å². The Balaban J connectivity index is 5.25. The number of phosphoric acid groups is 2. The molecule has 0 rings (SSSR count). The van der Waals surface area contributed by atoms with E-state index in [2.05, 4.69) is 41.5 Å². The van der Waals surface area contributed by atoms with Crippen molar-refractivity contribution in [3.63, 3.8) is 0 Å². The standard InChI is InChI=1S/C75H146O17P2/c1-7-9-11-13-15-17-19-21-23-25-27-29-34-40-47-53-59-74(79)91-70(63-85-72(77)57-51-45-39-33-28-26-24-22-20-18-16-14-12-10-8-2)65-89-93(81,82)87-61-69(76)62-88-94(83,84)90-66-71(64-86-73(78)58-52-46-42-36-38-44-50-56-68(5)6)92-75(80)60-54-48-41-35-31-30-32-37-43-49-55-67(3)4/h67-71,76H,7-66H2,1-6H3,(H,81,82)(H,83,84)/t69-,70-,71-/m1/s1. The number of carbonyl (C=O) groups excluding carboxylic acids is 4. The molecule has 0 aliphatic rings. The Morgan fingerprint density at radius 1 is 0.287 bits per heavy atom. The first kappa shape index (κ1) is 92.1. The van der Waals surface area contributed by atoms with Crippen LogP contribution in [-0.4, -0.2) is 96.7 Å². The molecule has 94 heavy (non-hydrogen) atoms. The summed E-state index contributed by atoms with van der Waals surface area (Å²) in [5, 5.41) is 10.6. The van der Waals surface area contributed by atoms with Gasteiger partial charge in [-0.05, 0) is 37.5 Å². The molecule has 19 heteroatoms. The fourth-order valence-corrected chi connectivity index (χ4v) is 13.1. The van der Waals surface area contributed by atoms with Crippen molar-refractivity contribution in [1.82, 2.24) is 0 Å². The zero-order valence-electron chi connectivity index (χ0n) is 61.3. The molecule has 0 spiro atoms. The van der Waals surface area contributed by atoms with Crippen LogP contribution in [0.4, 0.5) is 0 Å². The Bertz CT molecular complexity index is 1820. The van der Waals surface area contributed by atoms with Gasteiger partial charge in [0.15, 0.2) is 12.2 Å². The third kappa shape index (κ3) is 68.6. The maximum Gasteiger partial charge on any atom is 0.472 e. The zero-order chi connectivity index (χ0) is 69.3. The van der Waals surface area contributed by atoms with Gasteiger partial charge in [-0.25, -0.2) is 9.13 Å². The highest BCUT2D eigenvalue weighted by Crippen LogP contribution is 2.45. The van der Waals surface area contributed by atoms with E-state index in [0.717, 1.165) is 102 Å². The van der Waals surface area contributed by atoms with Crippen molar-refractivity contribution in [2.75, 3.05) is 39.6 Å². The van der Waals surface area contributed by atoms with Crippen LogP contribution >= 0.6 is 15.6 Å². The second-order valence-electron chi connectivity index (χ2n) is 28.0. The van der Waals surface area contributed by atoms with Crippen molar-refractivity contribution in [2.24, 2.45) is 11.8 Å². The maximum absolute atomic E-state index is 13.1. The number of unbranched alkanes of at least 4 members (excludes halogenated alkanes) is 44. The van der Waals surface area contributed by atoms with E-state index in [1.165, 1.54) is 199 Å². The molecule has 0 saturated heterocycles. The fraction of sp³-hybridized carbons (Fsp3) is 0.947. The van der Waals surface area contributed by atoms with E-state index in [9.17, 15) is 43.2 Å². The first-order valence-electron chi connectivity index (χ1n) is 39.0. The maximum atomic E-state index is 13.1. The molecule has 0 bridgehead atoms. The van der Waals surface area contributed by atoms with E-state index in [4.69, 9.17) is 37.0 Å². The Morgan fingerprint density at radius 3 is 0.723 bits per heavy atom. The molecule has 0 aromatic carbocycles. The van der Waals surface area contributed by atoms with Gasteiger partial charge in [-0.2, -0.15) is 0 Å². The summed E-state index contributed by atoms with van der Waals surface area (Å²) in [6, 6.07) is 0. The van der Waals surface area contributed by atoms with E-state index < -0.39 is 97.5 Å². The van der Waals surface area contributed by atoms with Gasteiger partial charge < -0.3 is 33.8 Å². The van der Waals surface area contributed by atoms with Gasteiger partial charge in [0.2, 0.25) is 0 Å². The van der Waals surface area contributed by atoms with Crippen molar-refractivity contribution < 1.29 is 80.2 Å². The molecule has 17 nitrogen and oxygen atoms in total. The van der Waals surface area contributed by atoms with Crippen LogP contribution in [0.3, 0.4) is 0 Å². The van der Waals surface area contributed by atoms with Crippen molar-refractivity contribution >= 4 is 39.5 Å². The lowest BCUT2D eigenvalue weighted by Crippen LogP contribution is -2.30. The number of carbonyl (C=O) groups is 4. The second-order valence-corrected chi connectivity index (χ2v) is 30.9. The first-order chi connectivity index (χ1) is 45.4. The molecular formula is C75H146O17P2. The highest BCUT2D eigenvalue weighted by atomic mass is 31.2. The van der Waals surface area contributed by atoms with Crippen LogP contribution in [-0.2, 0) is 65.4 Å². The van der Waals surface area contributed by atoms with E-state index in [1.807, 2.05) is 0 Å². The average Bonchev–Trinajstić information content (AvgIpc) is 1.23. The van der Waals surface area contributed by atoms with Gasteiger partial charge in [0.1, 0.15) is 19.3 Å². The second kappa shape index (κ2) is 66.9. The van der Waals surface area contributed by atoms with Gasteiger partial charge in [-0.3, -0.25) is 37.3 Å². The quantitative estimate of drug-likeness (QED) is 0.0222. The van der Waals surface area contributed by atoms with E-state index in [0.29, 0.717) is 31.6 Å². The van der Waals surface area contributed by atoms with E-state index in [1.54, 1.807) is 0 Å². The number of phosphoric ester groups is 2. The Hall–Kier alpha value is -1.94. The Kier molecular flexibility index (Phi) is 65.5. The molecule has 2 unspecified atom stereocenters. The third-order valence-corrected chi connectivity index (χ3v) is 19.4. The number of aliphatic hydroxyl groups excluding tert-OH is 1. The molecule has 0 heterocycles. The lowest BCUT2D eigenvalue weighted by molar-refractivity contribution is -0.161. The first-order valence-corrected chi connectivity index (χ1v) is 42.0. The molecule has 0 aliphatic heterocycles. The summed E-state index contributed by atoms with van der Waals surface area (Å²) in [4.78, 5) is 72.8. The minimum absolute atomic E-state index is 0.105. The largest absolute Gasteiger partial charge is 0.472 e. The highest BCUT2D eigenvalue weighted by molar-refractivity contribution is 7.47. The SMILES string of the molecule is CCCCCCCCCCCCCCCCCCC(=O)O[C@H](COC(=O)CCCCCCCCCCCCCCCCC)COP(=O)(O)OC[C@@H](O)COP(=O)(O)OC[C@@H](COC(=O)CCCCCCCCCC(C)C)OC(=O)CCCCCCCCCCCCC(C)C. The van der Waals surface area contributed by atoms with Gasteiger partial charge >= 0.3 is 39.5 Å². The number of ether oxygens (including phenoxy) is 4. The van der Waals surface area contributed by atoms with Crippen LogP contribution < -0.4 is 0 Å². The fourth-order valence-electron chi connectivity index (χ4n) is 11.5. The number of aliphatic hydroxyl groups is 1. The molecule has 3 N–H and O–H groups in total. The minimum atomic E-state index is -4.96. The molecule has 0 aliphatic carbocycles. The molecule has 0 saturated carbocycles. The van der Waals surface area contributed by atoms with Gasteiger partial charge in [0.25, 0.3) is 0 Å². The molecular weight excluding hydrogens is 1230 g/mol. The van der Waals surface area contributed by atoms with E-state index in [-0.39, 0.29) is 25.7 Å². The summed E-state index contributed by atoms with van der Waals surface area (Å²) < 4.78 is 68.5. The van der Waals surface area contributed by atoms with Crippen LogP contribution in [0.5, 0.6) is 0 Å². The number of esters is 4. The molecule has 0 fully saturated rings. The summed E-state index contributed by atoms with van der Waals surface area (Å²) >= 11 is 0. The monoisotopic (exact) mass is 1380 g/mol. The molecule has 0 radical (unpaired) electrons. The van der Waals surface area contributed by atoms with Gasteiger partial charge in [0, 0.05) is 25.7 Å².